The summed E-state index contributed by atoms with van der Waals surface area (Å²) in [4.78, 5) is 10.9. The number of aromatic hydroxyl groups is 1. The van der Waals surface area contributed by atoms with Crippen molar-refractivity contribution in [2.24, 2.45) is 0 Å². The molecule has 1 saturated carbocycles. The van der Waals surface area contributed by atoms with Crippen LogP contribution in [0.3, 0.4) is 0 Å². The zero-order valence-electron chi connectivity index (χ0n) is 7.33. The highest BCUT2D eigenvalue weighted by molar-refractivity contribution is 5.85. The lowest BCUT2D eigenvalue weighted by Gasteiger charge is -2.11. The van der Waals surface area contributed by atoms with Crippen molar-refractivity contribution in [3.05, 3.63) is 29.6 Å². The number of phenolic OH excluding ortho intramolecular Hbond substituents is 1. The van der Waals surface area contributed by atoms with Gasteiger partial charge in [-0.3, -0.25) is 4.79 Å². The zero-order valence-corrected chi connectivity index (χ0v) is 7.33. The van der Waals surface area contributed by atoms with Gasteiger partial charge in [-0.1, -0.05) is 0 Å². The zero-order chi connectivity index (χ0) is 10.3. The summed E-state index contributed by atoms with van der Waals surface area (Å²) in [5.41, 5.74) is -1.01. The first-order chi connectivity index (χ1) is 6.56. The van der Waals surface area contributed by atoms with Gasteiger partial charge in [0.1, 0.15) is 11.6 Å². The average Bonchev–Trinajstić information content (AvgIpc) is 2.90. The number of carboxylic acids is 1. The molecule has 0 radical (unpaired) electrons. The second-order valence-electron chi connectivity index (χ2n) is 3.55. The first kappa shape index (κ1) is 8.99. The van der Waals surface area contributed by atoms with Crippen LogP contribution in [0.2, 0.25) is 0 Å². The molecule has 0 heterocycles. The molecule has 1 aliphatic rings. The summed E-state index contributed by atoms with van der Waals surface area (Å²) in [6.07, 6.45) is 0.866. The monoisotopic (exact) mass is 196 g/mol. The first-order valence-corrected chi connectivity index (χ1v) is 4.29. The Morgan fingerprint density at radius 3 is 2.57 bits per heavy atom. The number of carboxylic acid groups (broad SMARTS) is 1. The number of halogens is 1. The lowest BCUT2D eigenvalue weighted by molar-refractivity contribution is -0.140. The second kappa shape index (κ2) is 2.70. The van der Waals surface area contributed by atoms with Gasteiger partial charge in [0.25, 0.3) is 0 Å². The molecule has 0 aromatic heterocycles. The summed E-state index contributed by atoms with van der Waals surface area (Å²) in [6, 6.07) is 3.49. The third kappa shape index (κ3) is 1.14. The van der Waals surface area contributed by atoms with E-state index in [-0.39, 0.29) is 11.3 Å². The maximum Gasteiger partial charge on any atom is 0.314 e. The maximum atomic E-state index is 13.3. The van der Waals surface area contributed by atoms with E-state index in [9.17, 15) is 9.18 Å². The Morgan fingerprint density at radius 1 is 1.43 bits per heavy atom. The smallest absolute Gasteiger partial charge is 0.314 e. The molecule has 0 bridgehead atoms. The molecule has 0 aliphatic heterocycles. The van der Waals surface area contributed by atoms with Crippen molar-refractivity contribution in [2.45, 2.75) is 18.3 Å². The molecule has 2 rings (SSSR count). The molecule has 74 valence electrons. The number of carbonyl (C=O) groups is 1. The molecule has 3 nitrogen and oxygen atoms in total. The van der Waals surface area contributed by atoms with Crippen LogP contribution < -0.4 is 0 Å². The van der Waals surface area contributed by atoms with Gasteiger partial charge >= 0.3 is 5.97 Å². The van der Waals surface area contributed by atoms with Crippen molar-refractivity contribution in [2.75, 3.05) is 0 Å². The van der Waals surface area contributed by atoms with E-state index in [4.69, 9.17) is 10.2 Å². The quantitative estimate of drug-likeness (QED) is 0.756. The van der Waals surface area contributed by atoms with Crippen LogP contribution in [0.15, 0.2) is 18.2 Å². The summed E-state index contributed by atoms with van der Waals surface area (Å²) >= 11 is 0. The molecule has 1 aromatic carbocycles. The minimum atomic E-state index is -1.09. The van der Waals surface area contributed by atoms with E-state index in [0.29, 0.717) is 12.8 Å². The number of hydrogen-bond acceptors (Lipinski definition) is 2. The molecule has 2 N–H and O–H groups in total. The van der Waals surface area contributed by atoms with Gasteiger partial charge in [0, 0.05) is 5.56 Å². The molecule has 14 heavy (non-hydrogen) atoms. The highest BCUT2D eigenvalue weighted by Crippen LogP contribution is 2.49. The molecule has 0 saturated heterocycles. The Morgan fingerprint density at radius 2 is 2.07 bits per heavy atom. The third-order valence-corrected chi connectivity index (χ3v) is 2.62. The van der Waals surface area contributed by atoms with E-state index in [0.717, 1.165) is 6.07 Å². The molecule has 0 spiro atoms. The number of aliphatic carboxylic acids is 1. The molecular formula is C10H9FO3. The minimum absolute atomic E-state index is 0.0880. The topological polar surface area (TPSA) is 57.5 Å². The third-order valence-electron chi connectivity index (χ3n) is 2.62. The lowest BCUT2D eigenvalue weighted by Crippen LogP contribution is -2.20. The van der Waals surface area contributed by atoms with Gasteiger partial charge in [-0.2, -0.15) is 0 Å². The van der Waals surface area contributed by atoms with Crippen LogP contribution in [-0.2, 0) is 10.2 Å². The average molecular weight is 196 g/mol. The van der Waals surface area contributed by atoms with E-state index in [1.807, 2.05) is 0 Å². The summed E-state index contributed by atoms with van der Waals surface area (Å²) < 4.78 is 13.3. The van der Waals surface area contributed by atoms with Gasteiger partial charge in [-0.05, 0) is 31.0 Å². The molecule has 0 unspecified atom stereocenters. The van der Waals surface area contributed by atoms with E-state index >= 15 is 0 Å². The number of rotatable bonds is 2. The highest BCUT2D eigenvalue weighted by atomic mass is 19.1. The van der Waals surface area contributed by atoms with Crippen LogP contribution in [0.1, 0.15) is 18.4 Å². The van der Waals surface area contributed by atoms with Crippen LogP contribution >= 0.6 is 0 Å². The molecule has 4 heteroatoms. The van der Waals surface area contributed by atoms with Crippen LogP contribution in [0.4, 0.5) is 4.39 Å². The second-order valence-corrected chi connectivity index (χ2v) is 3.55. The predicted molar refractivity (Wildman–Crippen MR) is 46.6 cm³/mol. The number of phenols is 1. The minimum Gasteiger partial charge on any atom is -0.508 e. The van der Waals surface area contributed by atoms with Crippen molar-refractivity contribution in [1.82, 2.24) is 0 Å². The van der Waals surface area contributed by atoms with E-state index in [2.05, 4.69) is 0 Å². The summed E-state index contributed by atoms with van der Waals surface area (Å²) in [5.74, 6) is -1.70. The Hall–Kier alpha value is -1.58. The largest absolute Gasteiger partial charge is 0.508 e. The van der Waals surface area contributed by atoms with Crippen molar-refractivity contribution in [3.63, 3.8) is 0 Å². The molecular weight excluding hydrogens is 187 g/mol. The van der Waals surface area contributed by atoms with E-state index in [1.54, 1.807) is 0 Å². The van der Waals surface area contributed by atoms with Crippen LogP contribution in [-0.4, -0.2) is 16.2 Å². The highest BCUT2D eigenvalue weighted by Gasteiger charge is 2.53. The Kier molecular flexibility index (Phi) is 1.74. The normalized spacial score (nSPS) is 17.8. The summed E-state index contributed by atoms with van der Waals surface area (Å²) in [7, 11) is 0. The fraction of sp³-hybridized carbons (Fsp3) is 0.300. The van der Waals surface area contributed by atoms with Crippen molar-refractivity contribution in [1.29, 1.82) is 0 Å². The fourth-order valence-corrected chi connectivity index (χ4v) is 1.60. The van der Waals surface area contributed by atoms with Crippen molar-refractivity contribution in [3.8, 4) is 5.75 Å². The summed E-state index contributed by atoms with van der Waals surface area (Å²) in [6.45, 7) is 0. The molecule has 0 atom stereocenters. The number of benzene rings is 1. The Labute approximate surface area is 79.8 Å². The van der Waals surface area contributed by atoms with Gasteiger partial charge in [-0.25, -0.2) is 4.39 Å². The van der Waals surface area contributed by atoms with Crippen molar-refractivity contribution < 1.29 is 19.4 Å². The van der Waals surface area contributed by atoms with Crippen LogP contribution in [0, 0.1) is 5.82 Å². The van der Waals surface area contributed by atoms with Gasteiger partial charge < -0.3 is 10.2 Å². The van der Waals surface area contributed by atoms with Gasteiger partial charge in [0.15, 0.2) is 0 Å². The molecule has 1 aromatic rings. The Bertz CT molecular complexity index is 396. The van der Waals surface area contributed by atoms with Crippen molar-refractivity contribution >= 4 is 5.97 Å². The van der Waals surface area contributed by atoms with E-state index in [1.165, 1.54) is 12.1 Å². The van der Waals surface area contributed by atoms with E-state index < -0.39 is 17.2 Å². The predicted octanol–water partition coefficient (Wildman–Crippen LogP) is 1.65. The van der Waals surface area contributed by atoms with Crippen LogP contribution in [0.5, 0.6) is 5.75 Å². The standard InChI is InChI=1S/C10H9FO3/c11-8-2-1-6(12)5-7(8)10(3-4-10)9(13)14/h1-2,5,12H,3-4H2,(H,13,14). The summed E-state index contributed by atoms with van der Waals surface area (Å²) in [5, 5.41) is 18.1. The fourth-order valence-electron chi connectivity index (χ4n) is 1.60. The molecule has 1 aliphatic carbocycles. The number of hydrogen-bond donors (Lipinski definition) is 2. The maximum absolute atomic E-state index is 13.3. The molecule has 1 fully saturated rings. The van der Waals surface area contributed by atoms with Gasteiger partial charge in [0.05, 0.1) is 5.41 Å². The Balaban J connectivity index is 2.51. The molecule has 0 amide bonds. The SMILES string of the molecule is O=C(O)C1(c2cc(O)ccc2F)CC1. The van der Waals surface area contributed by atoms with Crippen LogP contribution in [0.25, 0.3) is 0 Å². The lowest BCUT2D eigenvalue weighted by atomic mass is 9.95. The van der Waals surface area contributed by atoms with Gasteiger partial charge in [0.2, 0.25) is 0 Å². The van der Waals surface area contributed by atoms with Gasteiger partial charge in [-0.15, -0.1) is 0 Å². The first-order valence-electron chi connectivity index (χ1n) is 4.29.